The largest absolute Gasteiger partial charge is 0.400 e. The van der Waals surface area contributed by atoms with Crippen LogP contribution in [0.1, 0.15) is 247 Å². The van der Waals surface area contributed by atoms with E-state index in [-0.39, 0.29) is 31.1 Å². The maximum atomic E-state index is 11.9. The molecule has 0 saturated carbocycles. The quantitative estimate of drug-likeness (QED) is 0.0893. The van der Waals surface area contributed by atoms with Gasteiger partial charge in [0.2, 0.25) is 0 Å². The Morgan fingerprint density at radius 1 is 0.333 bits per heavy atom. The van der Waals surface area contributed by atoms with Crippen LogP contribution >= 0.6 is 0 Å². The molecular weight excluding hydrogens is 1100 g/mol. The number of hydrogen-bond acceptors (Lipinski definition) is 0. The maximum Gasteiger partial charge on any atom is 0.400 e. The third kappa shape index (κ3) is 72.3. The van der Waals surface area contributed by atoms with Crippen molar-refractivity contribution in [2.75, 3.05) is 0 Å². The first-order valence-corrected chi connectivity index (χ1v) is 27.0. The fraction of sp³-hybridized carbons (Fsp3) is 1.00. The van der Waals surface area contributed by atoms with E-state index in [0.29, 0.717) is 37.5 Å². The van der Waals surface area contributed by atoms with Crippen LogP contribution in [0.2, 0.25) is 0 Å². The molecule has 78 heavy (non-hydrogen) atoms. The van der Waals surface area contributed by atoms with E-state index in [4.69, 9.17) is 0 Å². The molecule has 0 fully saturated rings. The third-order valence-electron chi connectivity index (χ3n) is 11.8. The van der Waals surface area contributed by atoms with Gasteiger partial charge in [-0.3, -0.25) is 0 Å². The molecule has 484 valence electrons. The van der Waals surface area contributed by atoms with E-state index in [9.17, 15) is 105 Å². The minimum absolute atomic E-state index is 0.0658. The van der Waals surface area contributed by atoms with Crippen molar-refractivity contribution in [1.29, 1.82) is 0 Å². The van der Waals surface area contributed by atoms with Gasteiger partial charge in [-0.15, -0.1) is 0 Å². The predicted molar refractivity (Wildman–Crippen MR) is 269 cm³/mol. The zero-order chi connectivity index (χ0) is 64.6. The van der Waals surface area contributed by atoms with Gasteiger partial charge in [0, 0.05) is 12.8 Å². The monoisotopic (exact) mass is 1200 g/mol. The molecule has 0 spiro atoms. The highest BCUT2D eigenvalue weighted by Crippen LogP contribution is 2.44. The van der Waals surface area contributed by atoms with Crippen molar-refractivity contribution in [3.8, 4) is 0 Å². The summed E-state index contributed by atoms with van der Waals surface area (Å²) in [6.45, 7) is 33.1. The SMILES string of the molecule is CC(C)CC(C(F)(F)F)C(F)(F)F.CCC(C)(C)C.CCC(C)CC.CCCC(C)CC(F)(F)F.CCCCC(C(F)(F)F)C(F)(F)F.CCCCC(C)C(F)(F)F.CCCCCCC(F)(F)F.CC[C@H](C)C(C)C(F)(F)F. The third-order valence-corrected chi connectivity index (χ3v) is 11.8. The number of halogens is 24. The lowest BCUT2D eigenvalue weighted by Crippen LogP contribution is -2.37. The van der Waals surface area contributed by atoms with Crippen LogP contribution in [-0.4, -0.2) is 49.4 Å². The topological polar surface area (TPSA) is 0 Å². The summed E-state index contributed by atoms with van der Waals surface area (Å²) in [6.07, 6.45) is -28.8. The van der Waals surface area contributed by atoms with Gasteiger partial charge in [0.15, 0.2) is 11.8 Å². The summed E-state index contributed by atoms with van der Waals surface area (Å²) in [5, 5.41) is 0. The second-order valence-corrected chi connectivity index (χ2v) is 21.3. The van der Waals surface area contributed by atoms with Crippen molar-refractivity contribution in [3.63, 3.8) is 0 Å². The van der Waals surface area contributed by atoms with Crippen molar-refractivity contribution < 1.29 is 105 Å². The number of hydrogen-bond donors (Lipinski definition) is 0. The highest BCUT2D eigenvalue weighted by atomic mass is 19.4. The zero-order valence-electron chi connectivity index (χ0n) is 49.6. The molecule has 0 amide bonds. The first-order valence-electron chi connectivity index (χ1n) is 27.0. The standard InChI is InChI=1S/2C7H10F6.4C7H13F3.2C6H14/c1-4(2)3-5(6(8,9)10)7(11,12)13;1-2-3-4-5(6(8,9)10)7(11,12)13;1-4-5(2)6(3)7(8,9)10;1-3-4-6(2)5-7(8,9)10;1-3-4-5-6(2)7(8,9)10;1-2-3-4-5-6-7(8,9)10;1-5-6(2,3)4;1-4-6(3)5-2/h4-5H,3H2,1-2H3;5H,2-4H2,1H3;5-6H,4H2,1-3H3;2*6H,3-5H2,1-2H3;2-6H2,1H3;5H2,1-4H3;6H,4-5H2,1-3H3/t;;5-,6?;;;;;/m..0...../s1. The van der Waals surface area contributed by atoms with Gasteiger partial charge in [-0.25, -0.2) is 0 Å². The summed E-state index contributed by atoms with van der Waals surface area (Å²) in [5.41, 5.74) is 0.542. The summed E-state index contributed by atoms with van der Waals surface area (Å²) >= 11 is 0. The molecule has 0 aromatic rings. The molecule has 0 heterocycles. The molecule has 24 heteroatoms. The van der Waals surface area contributed by atoms with Crippen LogP contribution in [0.25, 0.3) is 0 Å². The van der Waals surface area contributed by atoms with E-state index in [1.165, 1.54) is 47.0 Å². The van der Waals surface area contributed by atoms with Crippen LogP contribution in [0.4, 0.5) is 105 Å². The van der Waals surface area contributed by atoms with E-state index in [0.717, 1.165) is 31.6 Å². The van der Waals surface area contributed by atoms with Gasteiger partial charge in [0.05, 0.1) is 11.8 Å². The molecule has 0 radical (unpaired) electrons. The molecule has 0 aliphatic rings. The molecular formula is C54H100F24. The fourth-order valence-corrected chi connectivity index (χ4v) is 5.23. The molecule has 0 bridgehead atoms. The van der Waals surface area contributed by atoms with E-state index >= 15 is 0 Å². The summed E-state index contributed by atoms with van der Waals surface area (Å²) in [5.74, 6) is -8.84. The van der Waals surface area contributed by atoms with Crippen molar-refractivity contribution in [3.05, 3.63) is 0 Å². The van der Waals surface area contributed by atoms with Crippen LogP contribution < -0.4 is 0 Å². The van der Waals surface area contributed by atoms with E-state index in [1.807, 2.05) is 20.8 Å². The highest BCUT2D eigenvalue weighted by Gasteiger charge is 2.57. The van der Waals surface area contributed by atoms with E-state index in [1.54, 1.807) is 27.7 Å². The van der Waals surface area contributed by atoms with E-state index < -0.39 is 105 Å². The lowest BCUT2D eigenvalue weighted by atomic mass is 9.93. The van der Waals surface area contributed by atoms with Gasteiger partial charge >= 0.3 is 49.4 Å². The molecule has 0 saturated heterocycles. The molecule has 0 aliphatic carbocycles. The second-order valence-electron chi connectivity index (χ2n) is 21.3. The summed E-state index contributed by atoms with van der Waals surface area (Å²) in [7, 11) is 0. The van der Waals surface area contributed by atoms with Crippen molar-refractivity contribution in [2.45, 2.75) is 296 Å². The van der Waals surface area contributed by atoms with Crippen molar-refractivity contribution >= 4 is 0 Å². The lowest BCUT2D eigenvalue weighted by molar-refractivity contribution is -0.288. The Kier molecular flexibility index (Phi) is 54.5. The molecule has 0 aromatic carbocycles. The molecule has 0 rings (SSSR count). The molecule has 4 atom stereocenters. The number of unbranched alkanes of at least 4 members (excludes halogenated alkanes) is 5. The minimum Gasteiger partial charge on any atom is -0.171 e. The fourth-order valence-electron chi connectivity index (χ4n) is 5.23. The Morgan fingerprint density at radius 3 is 0.885 bits per heavy atom. The molecule has 3 unspecified atom stereocenters. The first-order chi connectivity index (χ1) is 34.5. The first kappa shape index (κ1) is 92.8. The van der Waals surface area contributed by atoms with E-state index in [2.05, 4.69) is 48.5 Å². The second kappa shape index (κ2) is 45.8. The smallest absolute Gasteiger partial charge is 0.171 e. The predicted octanol–water partition coefficient (Wildman–Crippen LogP) is 26.1. The Bertz CT molecular complexity index is 1230. The lowest BCUT2D eigenvalue weighted by Gasteiger charge is -2.24. The minimum atomic E-state index is -5.19. The van der Waals surface area contributed by atoms with Crippen LogP contribution in [0, 0.1) is 52.8 Å². The van der Waals surface area contributed by atoms with Gasteiger partial charge < -0.3 is 0 Å². The Hall–Kier alpha value is -1.68. The van der Waals surface area contributed by atoms with Crippen LogP contribution in [-0.2, 0) is 0 Å². The summed E-state index contributed by atoms with van der Waals surface area (Å²) in [6, 6.07) is 0. The maximum absolute atomic E-state index is 11.9. The molecule has 0 aliphatic heterocycles. The summed E-state index contributed by atoms with van der Waals surface area (Å²) in [4.78, 5) is 0. The van der Waals surface area contributed by atoms with Gasteiger partial charge in [-0.2, -0.15) is 105 Å². The van der Waals surface area contributed by atoms with Crippen LogP contribution in [0.5, 0.6) is 0 Å². The molecule has 0 aromatic heterocycles. The van der Waals surface area contributed by atoms with Gasteiger partial charge in [0.1, 0.15) is 0 Å². The van der Waals surface area contributed by atoms with Crippen molar-refractivity contribution in [1.82, 2.24) is 0 Å². The van der Waals surface area contributed by atoms with Gasteiger partial charge in [-0.05, 0) is 54.8 Å². The van der Waals surface area contributed by atoms with Gasteiger partial charge in [-0.1, -0.05) is 208 Å². The van der Waals surface area contributed by atoms with Crippen LogP contribution in [0.3, 0.4) is 0 Å². The Morgan fingerprint density at radius 2 is 0.692 bits per heavy atom. The Balaban J connectivity index is -0.000000121. The Labute approximate surface area is 453 Å². The molecule has 0 N–H and O–H groups in total. The van der Waals surface area contributed by atoms with Gasteiger partial charge in [0.25, 0.3) is 0 Å². The average Bonchev–Trinajstić information content (AvgIpc) is 3.23. The number of rotatable bonds is 19. The normalized spacial score (nSPS) is 14.2. The van der Waals surface area contributed by atoms with Crippen molar-refractivity contribution in [2.24, 2.45) is 52.8 Å². The average molecular weight is 1210 g/mol. The highest BCUT2D eigenvalue weighted by molar-refractivity contribution is 4.77. The summed E-state index contributed by atoms with van der Waals surface area (Å²) < 4.78 is 282. The zero-order valence-corrected chi connectivity index (χ0v) is 49.6. The molecule has 0 nitrogen and oxygen atoms in total. The van der Waals surface area contributed by atoms with Crippen LogP contribution in [0.15, 0.2) is 0 Å². The number of alkyl halides is 24.